The normalized spacial score (nSPS) is 10.1. The van der Waals surface area contributed by atoms with Gasteiger partial charge in [0.2, 0.25) is 0 Å². The molecule has 82 valence electrons. The number of carbonyl (C=O) groups excluding carboxylic acids is 1. The van der Waals surface area contributed by atoms with Crippen LogP contribution in [0, 0.1) is 0 Å². The molecule has 16 heavy (non-hydrogen) atoms. The van der Waals surface area contributed by atoms with Crippen molar-refractivity contribution in [2.24, 2.45) is 0 Å². The predicted octanol–water partition coefficient (Wildman–Crippen LogP) is 1.65. The Morgan fingerprint density at radius 2 is 2.31 bits per heavy atom. The number of esters is 1. The Kier molecular flexibility index (Phi) is 2.95. The maximum atomic E-state index is 11.4. The predicted molar refractivity (Wildman–Crippen MR) is 57.8 cm³/mol. The molecular weight excluding hydrogens is 206 g/mol. The summed E-state index contributed by atoms with van der Waals surface area (Å²) in [7, 11) is 0. The summed E-state index contributed by atoms with van der Waals surface area (Å²) in [4.78, 5) is 15.5. The quantitative estimate of drug-likeness (QED) is 0.794. The third-order valence-electron chi connectivity index (χ3n) is 2.07. The molecule has 2 heterocycles. The molecule has 0 radical (unpaired) electrons. The third-order valence-corrected chi connectivity index (χ3v) is 2.07. The Morgan fingerprint density at radius 1 is 1.44 bits per heavy atom. The standard InChI is InChI=1S/C11H11N3O2/c1-2-16-11(15)8-3-4-10(12-5-8)9-6-13-14-7-9/h3-7H,2H2,1H3,(H,13,14). The molecule has 0 aliphatic rings. The molecule has 0 aliphatic carbocycles. The van der Waals surface area contributed by atoms with Crippen molar-refractivity contribution >= 4 is 5.97 Å². The molecule has 0 unspecified atom stereocenters. The molecule has 0 bridgehead atoms. The van der Waals surface area contributed by atoms with Gasteiger partial charge < -0.3 is 4.74 Å². The minimum absolute atomic E-state index is 0.353. The number of rotatable bonds is 3. The van der Waals surface area contributed by atoms with E-state index in [0.29, 0.717) is 12.2 Å². The van der Waals surface area contributed by atoms with Gasteiger partial charge in [-0.25, -0.2) is 4.79 Å². The lowest BCUT2D eigenvalue weighted by Crippen LogP contribution is -2.04. The molecule has 0 aliphatic heterocycles. The van der Waals surface area contributed by atoms with E-state index in [-0.39, 0.29) is 5.97 Å². The Labute approximate surface area is 92.5 Å². The fraction of sp³-hybridized carbons (Fsp3) is 0.182. The number of nitrogens with zero attached hydrogens (tertiary/aromatic N) is 2. The Hall–Kier alpha value is -2.17. The van der Waals surface area contributed by atoms with Gasteiger partial charge >= 0.3 is 5.97 Å². The summed E-state index contributed by atoms with van der Waals surface area (Å²) >= 11 is 0. The van der Waals surface area contributed by atoms with Crippen LogP contribution in [0.1, 0.15) is 17.3 Å². The molecule has 0 atom stereocenters. The molecule has 0 spiro atoms. The minimum atomic E-state index is -0.353. The molecule has 2 aromatic rings. The van der Waals surface area contributed by atoms with Crippen LogP contribution in [0.3, 0.4) is 0 Å². The fourth-order valence-electron chi connectivity index (χ4n) is 1.29. The van der Waals surface area contributed by atoms with Gasteiger partial charge in [0.25, 0.3) is 0 Å². The number of ether oxygens (including phenoxy) is 1. The molecule has 0 aromatic carbocycles. The monoisotopic (exact) mass is 217 g/mol. The molecule has 0 saturated heterocycles. The SMILES string of the molecule is CCOC(=O)c1ccc(-c2cn[nH]c2)nc1. The molecule has 5 nitrogen and oxygen atoms in total. The second kappa shape index (κ2) is 4.57. The highest BCUT2D eigenvalue weighted by molar-refractivity contribution is 5.89. The maximum absolute atomic E-state index is 11.4. The molecule has 1 N–H and O–H groups in total. The number of pyridine rings is 1. The molecule has 0 saturated carbocycles. The second-order valence-electron chi connectivity index (χ2n) is 3.14. The van der Waals surface area contributed by atoms with E-state index >= 15 is 0 Å². The van der Waals surface area contributed by atoms with E-state index in [1.807, 2.05) is 0 Å². The first-order valence-corrected chi connectivity index (χ1v) is 4.93. The van der Waals surface area contributed by atoms with Crippen molar-refractivity contribution in [3.8, 4) is 11.3 Å². The minimum Gasteiger partial charge on any atom is -0.462 e. The number of carbonyl (C=O) groups is 1. The zero-order valence-electron chi connectivity index (χ0n) is 8.80. The van der Waals surface area contributed by atoms with Gasteiger partial charge in [-0.1, -0.05) is 0 Å². The van der Waals surface area contributed by atoms with Crippen LogP contribution in [0.4, 0.5) is 0 Å². The fourth-order valence-corrected chi connectivity index (χ4v) is 1.29. The largest absolute Gasteiger partial charge is 0.462 e. The van der Waals surface area contributed by atoms with Gasteiger partial charge in [0, 0.05) is 18.0 Å². The number of nitrogens with one attached hydrogen (secondary N) is 1. The number of aromatic nitrogens is 3. The Bertz CT molecular complexity index is 462. The number of aromatic amines is 1. The molecule has 2 rings (SSSR count). The summed E-state index contributed by atoms with van der Waals surface area (Å²) in [6.45, 7) is 2.13. The molecular formula is C11H11N3O2. The van der Waals surface area contributed by atoms with E-state index in [1.165, 1.54) is 6.20 Å². The van der Waals surface area contributed by atoms with Crippen LogP contribution in [-0.4, -0.2) is 27.8 Å². The van der Waals surface area contributed by atoms with Crippen LogP contribution in [0.15, 0.2) is 30.7 Å². The average molecular weight is 217 g/mol. The van der Waals surface area contributed by atoms with Gasteiger partial charge in [-0.05, 0) is 19.1 Å². The van der Waals surface area contributed by atoms with Crippen molar-refractivity contribution in [3.05, 3.63) is 36.3 Å². The lowest BCUT2D eigenvalue weighted by molar-refractivity contribution is 0.0526. The van der Waals surface area contributed by atoms with E-state index in [4.69, 9.17) is 4.74 Å². The summed E-state index contributed by atoms with van der Waals surface area (Å²) in [5, 5.41) is 6.53. The van der Waals surface area contributed by atoms with Gasteiger partial charge in [0.15, 0.2) is 0 Å². The first-order valence-electron chi connectivity index (χ1n) is 4.93. The van der Waals surface area contributed by atoms with E-state index < -0.39 is 0 Å². The van der Waals surface area contributed by atoms with Gasteiger partial charge in [-0.2, -0.15) is 5.10 Å². The molecule has 5 heteroatoms. The van der Waals surface area contributed by atoms with Gasteiger partial charge in [0.1, 0.15) is 0 Å². The van der Waals surface area contributed by atoms with Crippen molar-refractivity contribution in [1.82, 2.24) is 15.2 Å². The van der Waals surface area contributed by atoms with Gasteiger partial charge in [-0.15, -0.1) is 0 Å². The van der Waals surface area contributed by atoms with E-state index in [1.54, 1.807) is 31.5 Å². The molecule has 0 amide bonds. The van der Waals surface area contributed by atoms with Crippen molar-refractivity contribution in [2.45, 2.75) is 6.92 Å². The summed E-state index contributed by atoms with van der Waals surface area (Å²) < 4.78 is 4.86. The Balaban J connectivity index is 2.20. The van der Waals surface area contributed by atoms with Crippen LogP contribution < -0.4 is 0 Å². The first-order chi connectivity index (χ1) is 7.81. The zero-order chi connectivity index (χ0) is 11.4. The third kappa shape index (κ3) is 2.08. The maximum Gasteiger partial charge on any atom is 0.339 e. The van der Waals surface area contributed by atoms with Crippen LogP contribution >= 0.6 is 0 Å². The van der Waals surface area contributed by atoms with Crippen LogP contribution in [0.25, 0.3) is 11.3 Å². The van der Waals surface area contributed by atoms with Crippen molar-refractivity contribution in [2.75, 3.05) is 6.61 Å². The van der Waals surface area contributed by atoms with E-state index in [0.717, 1.165) is 11.3 Å². The number of hydrogen-bond acceptors (Lipinski definition) is 4. The van der Waals surface area contributed by atoms with Gasteiger partial charge in [0.05, 0.1) is 24.1 Å². The lowest BCUT2D eigenvalue weighted by atomic mass is 10.2. The molecule has 0 fully saturated rings. The van der Waals surface area contributed by atoms with Gasteiger partial charge in [-0.3, -0.25) is 10.1 Å². The van der Waals surface area contributed by atoms with Crippen LogP contribution in [-0.2, 0) is 4.74 Å². The second-order valence-corrected chi connectivity index (χ2v) is 3.14. The molecule has 2 aromatic heterocycles. The average Bonchev–Trinajstić information content (AvgIpc) is 2.83. The Morgan fingerprint density at radius 3 is 2.88 bits per heavy atom. The summed E-state index contributed by atoms with van der Waals surface area (Å²) in [5.41, 5.74) is 2.10. The van der Waals surface area contributed by atoms with Crippen molar-refractivity contribution < 1.29 is 9.53 Å². The zero-order valence-corrected chi connectivity index (χ0v) is 8.80. The highest BCUT2D eigenvalue weighted by atomic mass is 16.5. The van der Waals surface area contributed by atoms with Crippen LogP contribution in [0.5, 0.6) is 0 Å². The first kappa shape index (κ1) is 10.4. The van der Waals surface area contributed by atoms with E-state index in [9.17, 15) is 4.79 Å². The van der Waals surface area contributed by atoms with E-state index in [2.05, 4.69) is 15.2 Å². The van der Waals surface area contributed by atoms with Crippen molar-refractivity contribution in [3.63, 3.8) is 0 Å². The summed E-state index contributed by atoms with van der Waals surface area (Å²) in [6.07, 6.45) is 4.92. The summed E-state index contributed by atoms with van der Waals surface area (Å²) in [5.74, 6) is -0.353. The van der Waals surface area contributed by atoms with Crippen LogP contribution in [0.2, 0.25) is 0 Å². The number of hydrogen-bond donors (Lipinski definition) is 1. The highest BCUT2D eigenvalue weighted by Gasteiger charge is 2.07. The highest BCUT2D eigenvalue weighted by Crippen LogP contribution is 2.14. The lowest BCUT2D eigenvalue weighted by Gasteiger charge is -2.01. The topological polar surface area (TPSA) is 67.9 Å². The van der Waals surface area contributed by atoms with Crippen molar-refractivity contribution in [1.29, 1.82) is 0 Å². The number of H-pyrrole nitrogens is 1. The smallest absolute Gasteiger partial charge is 0.339 e. The summed E-state index contributed by atoms with van der Waals surface area (Å²) in [6, 6.07) is 3.45.